The number of hydrogen-bond donors (Lipinski definition) is 2. The van der Waals surface area contributed by atoms with Crippen LogP contribution in [0.1, 0.15) is 28.8 Å². The molecule has 0 amide bonds. The Morgan fingerprint density at radius 3 is 2.59 bits per heavy atom. The van der Waals surface area contributed by atoms with E-state index in [1.807, 2.05) is 12.1 Å². The summed E-state index contributed by atoms with van der Waals surface area (Å²) in [6, 6.07) is 7.43. The molecule has 0 aliphatic rings. The summed E-state index contributed by atoms with van der Waals surface area (Å²) in [7, 11) is 1.38. The lowest BCUT2D eigenvalue weighted by Gasteiger charge is -2.05. The number of benzene rings is 1. The van der Waals surface area contributed by atoms with E-state index < -0.39 is 0 Å². The van der Waals surface area contributed by atoms with Crippen LogP contribution < -0.4 is 11.1 Å². The molecule has 3 N–H and O–H groups in total. The van der Waals surface area contributed by atoms with Crippen molar-refractivity contribution in [2.75, 3.05) is 20.2 Å². The third kappa shape index (κ3) is 4.97. The van der Waals surface area contributed by atoms with E-state index in [0.29, 0.717) is 5.56 Å². The molecule has 1 aromatic rings. The summed E-state index contributed by atoms with van der Waals surface area (Å²) < 4.78 is 4.64. The molecule has 4 heteroatoms. The number of nitrogens with one attached hydrogen (secondary N) is 1. The Hall–Kier alpha value is -1.39. The van der Waals surface area contributed by atoms with E-state index in [4.69, 9.17) is 5.73 Å². The van der Waals surface area contributed by atoms with Gasteiger partial charge in [-0.2, -0.15) is 0 Å². The fourth-order valence-corrected chi connectivity index (χ4v) is 1.50. The van der Waals surface area contributed by atoms with Crippen molar-refractivity contribution in [2.45, 2.75) is 19.4 Å². The van der Waals surface area contributed by atoms with Crippen molar-refractivity contribution in [3.05, 3.63) is 35.4 Å². The Kier molecular flexibility index (Phi) is 6.29. The minimum atomic E-state index is -0.299. The fraction of sp³-hybridized carbons (Fsp3) is 0.462. The average Bonchev–Trinajstić information content (AvgIpc) is 2.38. The number of ether oxygens (including phenoxy) is 1. The van der Waals surface area contributed by atoms with Gasteiger partial charge < -0.3 is 15.8 Å². The van der Waals surface area contributed by atoms with Crippen LogP contribution in [-0.4, -0.2) is 26.2 Å². The molecule has 0 aliphatic carbocycles. The summed E-state index contributed by atoms with van der Waals surface area (Å²) in [6.45, 7) is 2.53. The molecule has 0 fully saturated rings. The van der Waals surface area contributed by atoms with Crippen molar-refractivity contribution in [1.82, 2.24) is 5.32 Å². The van der Waals surface area contributed by atoms with Gasteiger partial charge in [0.25, 0.3) is 0 Å². The number of carbonyl (C=O) groups is 1. The van der Waals surface area contributed by atoms with E-state index in [1.54, 1.807) is 12.1 Å². The van der Waals surface area contributed by atoms with E-state index in [0.717, 1.165) is 38.0 Å². The zero-order chi connectivity index (χ0) is 12.5. The highest BCUT2D eigenvalue weighted by Crippen LogP contribution is 2.05. The second kappa shape index (κ2) is 7.81. The highest BCUT2D eigenvalue weighted by molar-refractivity contribution is 5.89. The maximum absolute atomic E-state index is 11.2. The third-order valence-electron chi connectivity index (χ3n) is 2.51. The second-order valence-corrected chi connectivity index (χ2v) is 3.86. The average molecular weight is 236 g/mol. The molecule has 0 spiro atoms. The Morgan fingerprint density at radius 2 is 2.00 bits per heavy atom. The number of rotatable bonds is 7. The van der Waals surface area contributed by atoms with Crippen molar-refractivity contribution in [3.8, 4) is 0 Å². The van der Waals surface area contributed by atoms with Crippen LogP contribution >= 0.6 is 0 Å². The van der Waals surface area contributed by atoms with Gasteiger partial charge in [0, 0.05) is 6.54 Å². The van der Waals surface area contributed by atoms with E-state index in [1.165, 1.54) is 7.11 Å². The highest BCUT2D eigenvalue weighted by atomic mass is 16.5. The number of hydrogen-bond acceptors (Lipinski definition) is 4. The standard InChI is InChI=1S/C13H20N2O2/c1-17-13(16)12-6-4-11(5-7-12)10-15-9-3-2-8-14/h4-7,15H,2-3,8-10,14H2,1H3. The maximum atomic E-state index is 11.2. The van der Waals surface area contributed by atoms with Gasteiger partial charge in [-0.25, -0.2) is 4.79 Å². The largest absolute Gasteiger partial charge is 0.465 e. The minimum absolute atomic E-state index is 0.299. The molecule has 0 unspecified atom stereocenters. The van der Waals surface area contributed by atoms with Gasteiger partial charge in [-0.15, -0.1) is 0 Å². The summed E-state index contributed by atoms with van der Waals surface area (Å²) in [5.74, 6) is -0.299. The molecule has 0 aliphatic heterocycles. The molecular formula is C13H20N2O2. The van der Waals surface area contributed by atoms with Crippen LogP contribution in [-0.2, 0) is 11.3 Å². The summed E-state index contributed by atoms with van der Waals surface area (Å²) in [5.41, 5.74) is 7.15. The number of carbonyl (C=O) groups excluding carboxylic acids is 1. The van der Waals surface area contributed by atoms with Crippen LogP contribution in [0.4, 0.5) is 0 Å². The van der Waals surface area contributed by atoms with Crippen LogP contribution in [0.15, 0.2) is 24.3 Å². The second-order valence-electron chi connectivity index (χ2n) is 3.86. The molecule has 0 heterocycles. The van der Waals surface area contributed by atoms with Crippen LogP contribution in [0.2, 0.25) is 0 Å². The summed E-state index contributed by atoms with van der Waals surface area (Å²) in [5, 5.41) is 3.33. The lowest BCUT2D eigenvalue weighted by atomic mass is 10.1. The highest BCUT2D eigenvalue weighted by Gasteiger charge is 2.03. The van der Waals surface area contributed by atoms with Crippen molar-refractivity contribution in [1.29, 1.82) is 0 Å². The molecule has 0 saturated carbocycles. The number of nitrogens with two attached hydrogens (primary N) is 1. The SMILES string of the molecule is COC(=O)c1ccc(CNCCCCN)cc1. The Bertz CT molecular complexity index is 336. The summed E-state index contributed by atoms with van der Waals surface area (Å²) in [6.07, 6.45) is 2.14. The zero-order valence-electron chi connectivity index (χ0n) is 10.2. The van der Waals surface area contributed by atoms with Gasteiger partial charge in [-0.1, -0.05) is 12.1 Å². The monoisotopic (exact) mass is 236 g/mol. The van der Waals surface area contributed by atoms with Crippen molar-refractivity contribution >= 4 is 5.97 Å². The van der Waals surface area contributed by atoms with Gasteiger partial charge in [0.1, 0.15) is 0 Å². The molecule has 0 bridgehead atoms. The first-order valence-corrected chi connectivity index (χ1v) is 5.86. The van der Waals surface area contributed by atoms with E-state index >= 15 is 0 Å². The normalized spacial score (nSPS) is 10.2. The summed E-state index contributed by atoms with van der Waals surface area (Å²) in [4.78, 5) is 11.2. The molecule has 0 saturated heterocycles. The van der Waals surface area contributed by atoms with Gasteiger partial charge in [0.05, 0.1) is 12.7 Å². The van der Waals surface area contributed by atoms with Crippen LogP contribution in [0.25, 0.3) is 0 Å². The first-order chi connectivity index (χ1) is 8.27. The Labute approximate surface area is 102 Å². The quantitative estimate of drug-likeness (QED) is 0.553. The predicted octanol–water partition coefficient (Wildman–Crippen LogP) is 1.30. The maximum Gasteiger partial charge on any atom is 0.337 e. The fourth-order valence-electron chi connectivity index (χ4n) is 1.50. The van der Waals surface area contributed by atoms with Crippen molar-refractivity contribution in [2.24, 2.45) is 5.73 Å². The molecule has 0 radical (unpaired) electrons. The number of unbranched alkanes of at least 4 members (excludes halogenated alkanes) is 1. The third-order valence-corrected chi connectivity index (χ3v) is 2.51. The molecule has 4 nitrogen and oxygen atoms in total. The van der Waals surface area contributed by atoms with Gasteiger partial charge in [0.15, 0.2) is 0 Å². The molecule has 0 atom stereocenters. The van der Waals surface area contributed by atoms with E-state index in [-0.39, 0.29) is 5.97 Å². The molecule has 94 valence electrons. The van der Waals surface area contributed by atoms with Gasteiger partial charge >= 0.3 is 5.97 Å². The Balaban J connectivity index is 2.33. The zero-order valence-corrected chi connectivity index (χ0v) is 10.2. The van der Waals surface area contributed by atoms with Crippen LogP contribution in [0.5, 0.6) is 0 Å². The number of esters is 1. The molecular weight excluding hydrogens is 216 g/mol. The predicted molar refractivity (Wildman–Crippen MR) is 67.8 cm³/mol. The van der Waals surface area contributed by atoms with E-state index in [9.17, 15) is 4.79 Å². The minimum Gasteiger partial charge on any atom is -0.465 e. The lowest BCUT2D eigenvalue weighted by molar-refractivity contribution is 0.0600. The first-order valence-electron chi connectivity index (χ1n) is 5.86. The van der Waals surface area contributed by atoms with Crippen LogP contribution in [0, 0.1) is 0 Å². The van der Waals surface area contributed by atoms with Gasteiger partial charge in [-0.05, 0) is 43.6 Å². The van der Waals surface area contributed by atoms with E-state index in [2.05, 4.69) is 10.1 Å². The molecule has 1 aromatic carbocycles. The number of methoxy groups -OCH3 is 1. The summed E-state index contributed by atoms with van der Waals surface area (Å²) >= 11 is 0. The van der Waals surface area contributed by atoms with Gasteiger partial charge in [-0.3, -0.25) is 0 Å². The van der Waals surface area contributed by atoms with Crippen molar-refractivity contribution in [3.63, 3.8) is 0 Å². The lowest BCUT2D eigenvalue weighted by Crippen LogP contribution is -2.15. The van der Waals surface area contributed by atoms with Crippen molar-refractivity contribution < 1.29 is 9.53 Å². The molecule has 17 heavy (non-hydrogen) atoms. The Morgan fingerprint density at radius 1 is 1.29 bits per heavy atom. The smallest absolute Gasteiger partial charge is 0.337 e. The van der Waals surface area contributed by atoms with Crippen LogP contribution in [0.3, 0.4) is 0 Å². The molecule has 0 aromatic heterocycles. The van der Waals surface area contributed by atoms with Gasteiger partial charge in [0.2, 0.25) is 0 Å². The molecule has 1 rings (SSSR count). The topological polar surface area (TPSA) is 64.3 Å². The first kappa shape index (κ1) is 13.7.